The maximum atomic E-state index is 5.28. The predicted molar refractivity (Wildman–Crippen MR) is 47.5 cm³/mol. The molecule has 10 heavy (non-hydrogen) atoms. The number of hydrogen-bond donors (Lipinski definition) is 1. The van der Waals surface area contributed by atoms with E-state index in [1.165, 1.54) is 4.91 Å². The molecule has 0 saturated heterocycles. The van der Waals surface area contributed by atoms with Crippen LogP contribution in [0.1, 0.15) is 20.8 Å². The van der Waals surface area contributed by atoms with Gasteiger partial charge in [0.25, 0.3) is 0 Å². The molecule has 3 heteroatoms. The summed E-state index contributed by atoms with van der Waals surface area (Å²) >= 11 is -0.475. The monoisotopic (exact) mass is 159 g/mol. The Labute approximate surface area is 64.5 Å². The molecule has 0 amide bonds. The molecule has 0 N–H and O–H groups in total. The maximum Gasteiger partial charge on any atom is 0.0768 e. The van der Waals surface area contributed by atoms with Crippen LogP contribution >= 0.6 is 11.2 Å². The van der Waals surface area contributed by atoms with Crippen molar-refractivity contribution in [3.8, 4) is 0 Å². The third kappa shape index (κ3) is 1.11. The van der Waals surface area contributed by atoms with E-state index in [2.05, 4.69) is 11.9 Å². The van der Waals surface area contributed by atoms with Gasteiger partial charge in [-0.25, -0.2) is 0 Å². The lowest BCUT2D eigenvalue weighted by molar-refractivity contribution is 0.488. The molecular formula is C7H13NOS. The first-order chi connectivity index (χ1) is 4.66. The maximum absolute atomic E-state index is 5.28. The van der Waals surface area contributed by atoms with Crippen molar-refractivity contribution < 1.29 is 4.18 Å². The smallest absolute Gasteiger partial charge is 0.0768 e. The third-order valence-electron chi connectivity index (χ3n) is 1.63. The van der Waals surface area contributed by atoms with Gasteiger partial charge in [0.2, 0.25) is 0 Å². The molecule has 1 rings (SSSR count). The summed E-state index contributed by atoms with van der Waals surface area (Å²) in [5.74, 6) is 0. The van der Waals surface area contributed by atoms with Crippen molar-refractivity contribution in [1.82, 2.24) is 0 Å². The van der Waals surface area contributed by atoms with Crippen LogP contribution in [0.5, 0.6) is 0 Å². The van der Waals surface area contributed by atoms with Gasteiger partial charge in [0.15, 0.2) is 0 Å². The van der Waals surface area contributed by atoms with E-state index in [9.17, 15) is 0 Å². The van der Waals surface area contributed by atoms with E-state index in [1.54, 1.807) is 7.11 Å². The summed E-state index contributed by atoms with van der Waals surface area (Å²) in [7, 11) is 1.74. The van der Waals surface area contributed by atoms with Crippen molar-refractivity contribution in [2.45, 2.75) is 20.8 Å². The van der Waals surface area contributed by atoms with E-state index in [0.29, 0.717) is 0 Å². The molecule has 0 aliphatic carbocycles. The van der Waals surface area contributed by atoms with Crippen LogP contribution in [0.25, 0.3) is 0 Å². The fraction of sp³-hybridized carbons (Fsp3) is 0.571. The van der Waals surface area contributed by atoms with Crippen LogP contribution in [0.15, 0.2) is 15.6 Å². The lowest BCUT2D eigenvalue weighted by Crippen LogP contribution is -1.90. The molecule has 0 spiro atoms. The van der Waals surface area contributed by atoms with E-state index >= 15 is 0 Å². The highest BCUT2D eigenvalue weighted by Crippen LogP contribution is 2.43. The van der Waals surface area contributed by atoms with Crippen LogP contribution < -0.4 is 0 Å². The van der Waals surface area contributed by atoms with Crippen molar-refractivity contribution in [3.05, 3.63) is 10.6 Å². The zero-order chi connectivity index (χ0) is 7.72. The minimum Gasteiger partial charge on any atom is -0.333 e. The Bertz CT molecular complexity index is 208. The highest BCUT2D eigenvalue weighted by molar-refractivity contribution is 8.29. The Balaban J connectivity index is 2.86. The van der Waals surface area contributed by atoms with Gasteiger partial charge in [0.05, 0.1) is 5.04 Å². The molecule has 1 atom stereocenters. The Kier molecular flexibility index (Phi) is 2.16. The summed E-state index contributed by atoms with van der Waals surface area (Å²) in [6, 6.07) is 0. The van der Waals surface area contributed by atoms with E-state index in [0.717, 1.165) is 10.7 Å². The zero-order valence-electron chi connectivity index (χ0n) is 6.80. The summed E-state index contributed by atoms with van der Waals surface area (Å²) in [5.41, 5.74) is 1.13. The number of hydrogen-bond acceptors (Lipinski definition) is 2. The second kappa shape index (κ2) is 2.76. The molecule has 1 aliphatic heterocycles. The largest absolute Gasteiger partial charge is 0.333 e. The standard InChI is InChI=1S/C7H13NOS/c1-5-6(2)10(9-4)7(3)8-5/h10H,1-4H3. The van der Waals surface area contributed by atoms with E-state index < -0.39 is 11.2 Å². The Morgan fingerprint density at radius 3 is 2.10 bits per heavy atom. The van der Waals surface area contributed by atoms with Crippen molar-refractivity contribution in [2.24, 2.45) is 4.99 Å². The van der Waals surface area contributed by atoms with E-state index in [4.69, 9.17) is 4.18 Å². The topological polar surface area (TPSA) is 21.6 Å². The molecule has 0 aromatic carbocycles. The van der Waals surface area contributed by atoms with Crippen molar-refractivity contribution >= 4 is 16.2 Å². The Morgan fingerprint density at radius 1 is 1.30 bits per heavy atom. The average molecular weight is 159 g/mol. The SMILES string of the molecule is CO[SH]1C(C)=NC(C)=C1C. The summed E-state index contributed by atoms with van der Waals surface area (Å²) in [4.78, 5) is 5.62. The highest BCUT2D eigenvalue weighted by Gasteiger charge is 2.16. The predicted octanol–water partition coefficient (Wildman–Crippen LogP) is 2.23. The summed E-state index contributed by atoms with van der Waals surface area (Å²) in [6.45, 7) is 6.14. The lowest BCUT2D eigenvalue weighted by Gasteiger charge is -2.14. The van der Waals surface area contributed by atoms with Gasteiger partial charge >= 0.3 is 0 Å². The molecule has 0 aromatic rings. The average Bonchev–Trinajstić information content (AvgIpc) is 2.09. The number of nitrogens with zero attached hydrogens (tertiary/aromatic N) is 1. The van der Waals surface area contributed by atoms with E-state index in [1.807, 2.05) is 13.8 Å². The molecule has 1 heterocycles. The van der Waals surface area contributed by atoms with Crippen LogP contribution in [0.3, 0.4) is 0 Å². The summed E-state index contributed by atoms with van der Waals surface area (Å²) < 4.78 is 5.28. The van der Waals surface area contributed by atoms with Gasteiger partial charge < -0.3 is 4.18 Å². The summed E-state index contributed by atoms with van der Waals surface area (Å²) in [6.07, 6.45) is 0. The molecule has 58 valence electrons. The van der Waals surface area contributed by atoms with Gasteiger partial charge in [-0.05, 0) is 20.8 Å². The molecule has 0 saturated carbocycles. The molecule has 0 radical (unpaired) electrons. The molecule has 1 aliphatic rings. The van der Waals surface area contributed by atoms with Crippen LogP contribution in [0, 0.1) is 0 Å². The first-order valence-corrected chi connectivity index (χ1v) is 4.49. The molecule has 0 bridgehead atoms. The molecule has 2 nitrogen and oxygen atoms in total. The highest BCUT2D eigenvalue weighted by atomic mass is 32.2. The molecule has 0 aromatic heterocycles. The molecule has 0 fully saturated rings. The number of allylic oxidation sites excluding steroid dienone is 2. The zero-order valence-corrected chi connectivity index (χ0v) is 7.70. The normalized spacial score (nSPS) is 29.2. The Hall–Kier alpha value is -0.280. The second-order valence-electron chi connectivity index (χ2n) is 2.31. The molecular weight excluding hydrogens is 146 g/mol. The summed E-state index contributed by atoms with van der Waals surface area (Å²) in [5, 5.41) is 1.13. The minimum atomic E-state index is -0.475. The number of rotatable bonds is 1. The lowest BCUT2D eigenvalue weighted by atomic mass is 10.5. The second-order valence-corrected chi connectivity index (χ2v) is 4.58. The van der Waals surface area contributed by atoms with Gasteiger partial charge in [-0.1, -0.05) is 11.2 Å². The fourth-order valence-corrected chi connectivity index (χ4v) is 2.64. The fourth-order valence-electron chi connectivity index (χ4n) is 1.03. The minimum absolute atomic E-state index is 0.475. The van der Waals surface area contributed by atoms with Gasteiger partial charge in [-0.3, -0.25) is 4.99 Å². The number of thiol groups is 1. The van der Waals surface area contributed by atoms with Crippen molar-refractivity contribution in [3.63, 3.8) is 0 Å². The van der Waals surface area contributed by atoms with Gasteiger partial charge in [0, 0.05) is 17.7 Å². The van der Waals surface area contributed by atoms with E-state index in [-0.39, 0.29) is 0 Å². The van der Waals surface area contributed by atoms with Crippen LogP contribution in [-0.2, 0) is 4.18 Å². The van der Waals surface area contributed by atoms with Crippen molar-refractivity contribution in [1.29, 1.82) is 0 Å². The van der Waals surface area contributed by atoms with Crippen molar-refractivity contribution in [2.75, 3.05) is 7.11 Å². The first-order valence-electron chi connectivity index (χ1n) is 3.24. The van der Waals surface area contributed by atoms with Crippen LogP contribution in [-0.4, -0.2) is 12.2 Å². The quantitative estimate of drug-likeness (QED) is 0.582. The Morgan fingerprint density at radius 2 is 1.90 bits per heavy atom. The van der Waals surface area contributed by atoms with Crippen LogP contribution in [0.4, 0.5) is 0 Å². The first kappa shape index (κ1) is 7.82. The van der Waals surface area contributed by atoms with Gasteiger partial charge in [0.1, 0.15) is 0 Å². The third-order valence-corrected chi connectivity index (χ3v) is 3.62. The van der Waals surface area contributed by atoms with Gasteiger partial charge in [-0.2, -0.15) is 0 Å². The number of aliphatic imine (C=N–C) groups is 1. The van der Waals surface area contributed by atoms with Gasteiger partial charge in [-0.15, -0.1) is 0 Å². The molecule has 1 unspecified atom stereocenters. The van der Waals surface area contributed by atoms with Crippen LogP contribution in [0.2, 0.25) is 0 Å².